The number of nitrogens with one attached hydrogen (secondary N) is 2. The molecule has 0 bridgehead atoms. The molecule has 1 atom stereocenters. The number of carboxylic acids is 1. The Kier molecular flexibility index (Phi) is 7.73. The highest BCUT2D eigenvalue weighted by Crippen LogP contribution is 2.22. The summed E-state index contributed by atoms with van der Waals surface area (Å²) in [5.41, 5.74) is 0.00483. The van der Waals surface area contributed by atoms with Gasteiger partial charge < -0.3 is 20.5 Å². The number of benzene rings is 1. The lowest BCUT2D eigenvalue weighted by Crippen LogP contribution is -2.46. The van der Waals surface area contributed by atoms with Gasteiger partial charge in [0.05, 0.1) is 11.1 Å². The van der Waals surface area contributed by atoms with Crippen molar-refractivity contribution in [2.75, 3.05) is 13.1 Å². The van der Waals surface area contributed by atoms with Crippen LogP contribution in [0, 0.1) is 0 Å². The highest BCUT2D eigenvalue weighted by molar-refractivity contribution is 6.21. The van der Waals surface area contributed by atoms with Crippen LogP contribution in [-0.2, 0) is 14.3 Å². The fourth-order valence-electron chi connectivity index (χ4n) is 3.03. The number of ether oxygens (including phenoxy) is 1. The molecule has 1 unspecified atom stereocenters. The van der Waals surface area contributed by atoms with Crippen LogP contribution in [0.1, 0.15) is 60.7 Å². The molecule has 1 aliphatic rings. The standard InChI is InChI=1S/C21H27N3O7/c1-21(2,3)31-20(30)22-12-16(25)23-15(19(28)29)10-6-7-11-24-17(26)13-8-4-5-9-14(13)18(24)27/h4-5,8-9,15H,6-7,10-12H2,1-3H3,(H,22,30)(H,23,25)(H,28,29). The van der Waals surface area contributed by atoms with E-state index in [1.165, 1.54) is 0 Å². The van der Waals surface area contributed by atoms with Gasteiger partial charge in [-0.15, -0.1) is 0 Å². The van der Waals surface area contributed by atoms with Crippen LogP contribution in [0.25, 0.3) is 0 Å². The van der Waals surface area contributed by atoms with Crippen molar-refractivity contribution in [3.05, 3.63) is 35.4 Å². The molecule has 1 aromatic carbocycles. The molecule has 0 saturated carbocycles. The van der Waals surface area contributed by atoms with Crippen LogP contribution in [-0.4, -0.2) is 64.5 Å². The number of carbonyl (C=O) groups is 5. The predicted octanol–water partition coefficient (Wildman–Crippen LogP) is 1.55. The fraction of sp³-hybridized carbons (Fsp3) is 0.476. The number of hydrogen-bond donors (Lipinski definition) is 3. The summed E-state index contributed by atoms with van der Waals surface area (Å²) < 4.78 is 5.00. The molecular weight excluding hydrogens is 406 g/mol. The minimum atomic E-state index is -1.22. The van der Waals surface area contributed by atoms with Gasteiger partial charge in [-0.3, -0.25) is 19.3 Å². The Morgan fingerprint density at radius 2 is 1.65 bits per heavy atom. The number of amides is 4. The number of aliphatic carboxylic acids is 1. The van der Waals surface area contributed by atoms with E-state index in [4.69, 9.17) is 4.74 Å². The highest BCUT2D eigenvalue weighted by atomic mass is 16.6. The number of carbonyl (C=O) groups excluding carboxylic acids is 4. The minimum Gasteiger partial charge on any atom is -0.480 e. The van der Waals surface area contributed by atoms with Crippen LogP contribution in [0.2, 0.25) is 0 Å². The second-order valence-electron chi connectivity index (χ2n) is 8.12. The Balaban J connectivity index is 1.76. The third kappa shape index (κ3) is 6.80. The Hall–Kier alpha value is -3.43. The van der Waals surface area contributed by atoms with Crippen LogP contribution in [0.15, 0.2) is 24.3 Å². The maximum atomic E-state index is 12.3. The fourth-order valence-corrected chi connectivity index (χ4v) is 3.03. The van der Waals surface area contributed by atoms with Crippen molar-refractivity contribution in [1.29, 1.82) is 0 Å². The van der Waals surface area contributed by atoms with Crippen molar-refractivity contribution in [2.45, 2.75) is 51.7 Å². The minimum absolute atomic E-state index is 0.108. The van der Waals surface area contributed by atoms with Crippen LogP contribution in [0.5, 0.6) is 0 Å². The number of alkyl carbamates (subject to hydrolysis) is 1. The first-order valence-corrected chi connectivity index (χ1v) is 9.94. The van der Waals surface area contributed by atoms with Gasteiger partial charge in [0.15, 0.2) is 0 Å². The molecule has 0 radical (unpaired) electrons. The number of carboxylic acid groups (broad SMARTS) is 1. The molecule has 31 heavy (non-hydrogen) atoms. The van der Waals surface area contributed by atoms with Gasteiger partial charge in [0.25, 0.3) is 11.8 Å². The van der Waals surface area contributed by atoms with E-state index in [0.717, 1.165) is 4.90 Å². The lowest BCUT2D eigenvalue weighted by atomic mass is 10.1. The molecule has 0 fully saturated rings. The van der Waals surface area contributed by atoms with E-state index in [1.54, 1.807) is 45.0 Å². The Morgan fingerprint density at radius 1 is 1.06 bits per heavy atom. The van der Waals surface area contributed by atoms with Crippen molar-refractivity contribution in [1.82, 2.24) is 15.5 Å². The predicted molar refractivity (Wildman–Crippen MR) is 109 cm³/mol. The normalized spacial score (nSPS) is 14.1. The number of nitrogens with zero attached hydrogens (tertiary/aromatic N) is 1. The molecule has 1 aliphatic heterocycles. The zero-order valence-electron chi connectivity index (χ0n) is 17.8. The summed E-state index contributed by atoms with van der Waals surface area (Å²) >= 11 is 0. The van der Waals surface area contributed by atoms with E-state index in [2.05, 4.69) is 10.6 Å². The second kappa shape index (κ2) is 10.1. The topological polar surface area (TPSA) is 142 Å². The first-order chi connectivity index (χ1) is 14.5. The molecule has 3 N–H and O–H groups in total. The molecule has 1 heterocycles. The summed E-state index contributed by atoms with van der Waals surface area (Å²) in [7, 11) is 0. The van der Waals surface area contributed by atoms with Crippen LogP contribution in [0.4, 0.5) is 4.79 Å². The first kappa shape index (κ1) is 23.8. The Bertz CT molecular complexity index is 841. The second-order valence-corrected chi connectivity index (χ2v) is 8.12. The van der Waals surface area contributed by atoms with Gasteiger partial charge >= 0.3 is 12.1 Å². The average molecular weight is 433 g/mol. The third-order valence-electron chi connectivity index (χ3n) is 4.43. The van der Waals surface area contributed by atoms with Gasteiger partial charge in [-0.1, -0.05) is 12.1 Å². The molecule has 10 nitrogen and oxygen atoms in total. The molecule has 0 spiro atoms. The number of unbranched alkanes of at least 4 members (excludes halogenated alkanes) is 1. The Morgan fingerprint density at radius 3 is 2.16 bits per heavy atom. The van der Waals surface area contributed by atoms with E-state index < -0.39 is 36.2 Å². The smallest absolute Gasteiger partial charge is 0.408 e. The summed E-state index contributed by atoms with van der Waals surface area (Å²) in [6.45, 7) is 4.76. The van der Waals surface area contributed by atoms with E-state index in [-0.39, 0.29) is 24.8 Å². The summed E-state index contributed by atoms with van der Waals surface area (Å²) in [6, 6.07) is 5.40. The third-order valence-corrected chi connectivity index (χ3v) is 4.43. The molecule has 168 valence electrons. The molecule has 2 rings (SSSR count). The zero-order chi connectivity index (χ0) is 23.2. The van der Waals surface area contributed by atoms with Crippen molar-refractivity contribution >= 4 is 29.8 Å². The molecule has 1 aromatic rings. The number of imide groups is 1. The van der Waals surface area contributed by atoms with Gasteiger partial charge in [0.2, 0.25) is 5.91 Å². The molecular formula is C21H27N3O7. The van der Waals surface area contributed by atoms with Crippen molar-refractivity contribution < 1.29 is 33.8 Å². The van der Waals surface area contributed by atoms with Gasteiger partial charge in [-0.2, -0.15) is 0 Å². The molecule has 10 heteroatoms. The van der Waals surface area contributed by atoms with Gasteiger partial charge in [0.1, 0.15) is 18.2 Å². The Labute approximate surface area is 179 Å². The maximum absolute atomic E-state index is 12.3. The summed E-state index contributed by atoms with van der Waals surface area (Å²) in [6.07, 6.45) is 0.0812. The molecule has 4 amide bonds. The quantitative estimate of drug-likeness (QED) is 0.396. The highest BCUT2D eigenvalue weighted by Gasteiger charge is 2.34. The van der Waals surface area contributed by atoms with E-state index in [1.807, 2.05) is 0 Å². The number of fused-ring (bicyclic) bond motifs is 1. The van der Waals surface area contributed by atoms with E-state index in [9.17, 15) is 29.1 Å². The van der Waals surface area contributed by atoms with Crippen LogP contribution in [0.3, 0.4) is 0 Å². The van der Waals surface area contributed by atoms with E-state index >= 15 is 0 Å². The van der Waals surface area contributed by atoms with Gasteiger partial charge in [-0.25, -0.2) is 9.59 Å². The van der Waals surface area contributed by atoms with Crippen LogP contribution < -0.4 is 10.6 Å². The van der Waals surface area contributed by atoms with Gasteiger partial charge in [0, 0.05) is 6.54 Å². The number of hydrogen-bond acceptors (Lipinski definition) is 6. The van der Waals surface area contributed by atoms with Crippen LogP contribution >= 0.6 is 0 Å². The maximum Gasteiger partial charge on any atom is 0.408 e. The molecule has 0 saturated heterocycles. The van der Waals surface area contributed by atoms with Crippen molar-refractivity contribution in [2.24, 2.45) is 0 Å². The van der Waals surface area contributed by atoms with E-state index in [0.29, 0.717) is 24.0 Å². The SMILES string of the molecule is CC(C)(C)OC(=O)NCC(=O)NC(CCCCN1C(=O)c2ccccc2C1=O)C(=O)O. The zero-order valence-corrected chi connectivity index (χ0v) is 17.8. The lowest BCUT2D eigenvalue weighted by molar-refractivity contribution is -0.141. The molecule has 0 aromatic heterocycles. The van der Waals surface area contributed by atoms with Gasteiger partial charge in [-0.05, 0) is 52.2 Å². The summed E-state index contributed by atoms with van der Waals surface area (Å²) in [4.78, 5) is 60.7. The van der Waals surface area contributed by atoms with Crippen molar-refractivity contribution in [3.63, 3.8) is 0 Å². The monoisotopic (exact) mass is 433 g/mol. The number of rotatable bonds is 9. The first-order valence-electron chi connectivity index (χ1n) is 9.94. The largest absolute Gasteiger partial charge is 0.480 e. The van der Waals surface area contributed by atoms with Crippen molar-refractivity contribution in [3.8, 4) is 0 Å². The summed E-state index contributed by atoms with van der Waals surface area (Å²) in [5.74, 6) is -2.61. The molecule has 0 aliphatic carbocycles. The average Bonchev–Trinajstić information content (AvgIpc) is 2.92. The summed E-state index contributed by atoms with van der Waals surface area (Å²) in [5, 5.41) is 13.9. The lowest BCUT2D eigenvalue weighted by Gasteiger charge is -2.20.